The van der Waals surface area contributed by atoms with E-state index in [9.17, 15) is 14.4 Å². The van der Waals surface area contributed by atoms with Gasteiger partial charge in [0.2, 0.25) is 0 Å². The van der Waals surface area contributed by atoms with Crippen molar-refractivity contribution in [2.45, 2.75) is 83.6 Å². The minimum absolute atomic E-state index is 0.00317. The fraction of sp³-hybridized carbons (Fsp3) is 0.800. The van der Waals surface area contributed by atoms with Gasteiger partial charge in [0.05, 0.1) is 5.38 Å². The van der Waals surface area contributed by atoms with Crippen LogP contribution in [0.3, 0.4) is 0 Å². The van der Waals surface area contributed by atoms with Gasteiger partial charge in [-0.1, -0.05) is 20.8 Å². The Bertz CT molecular complexity index is 863. The molecule has 5 aliphatic rings. The zero-order valence-electron chi connectivity index (χ0n) is 18.5. The van der Waals surface area contributed by atoms with Crippen molar-refractivity contribution >= 4 is 29.1 Å². The Labute approximate surface area is 184 Å². The van der Waals surface area contributed by atoms with Crippen LogP contribution in [0.2, 0.25) is 0 Å². The van der Waals surface area contributed by atoms with E-state index in [1.165, 1.54) is 5.57 Å². The fourth-order valence-electron chi connectivity index (χ4n) is 8.53. The van der Waals surface area contributed by atoms with Crippen molar-refractivity contribution < 1.29 is 19.1 Å². The highest BCUT2D eigenvalue weighted by Gasteiger charge is 2.71. The van der Waals surface area contributed by atoms with E-state index in [2.05, 4.69) is 13.8 Å². The number of rotatable bonds is 3. The Balaban J connectivity index is 1.53. The molecular formula is C25H33ClO4. The van der Waals surface area contributed by atoms with Crippen LogP contribution in [0.1, 0.15) is 72.6 Å². The monoisotopic (exact) mass is 432 g/mol. The summed E-state index contributed by atoms with van der Waals surface area (Å²) in [6, 6.07) is 0. The van der Waals surface area contributed by atoms with Gasteiger partial charge in [0.15, 0.2) is 17.2 Å². The Hall–Kier alpha value is -1.16. The standard InChI is InChI=1S/C25H33ClO4/c1-5-22(29)30-25(13(2)27)9-7-16-14-11-20(26)19-12-21(28)15-10-18(15)24(19,4)17(14)6-8-23(16,25)3/h12,14-18,20H,5-11H2,1-4H3/t14-,15?,16-,17+,18?,20+,23-,24+,25-/m0/s1. The maximum atomic E-state index is 12.9. The lowest BCUT2D eigenvalue weighted by atomic mass is 9.46. The number of fused-ring (bicyclic) bond motifs is 7. The van der Waals surface area contributed by atoms with Gasteiger partial charge < -0.3 is 4.74 Å². The highest BCUT2D eigenvalue weighted by atomic mass is 35.5. The Kier molecular flexibility index (Phi) is 4.44. The summed E-state index contributed by atoms with van der Waals surface area (Å²) in [5, 5.41) is -0.116. The molecule has 4 saturated carbocycles. The number of ether oxygens (including phenoxy) is 1. The van der Waals surface area contributed by atoms with Crippen LogP contribution >= 0.6 is 11.6 Å². The molecule has 9 atom stereocenters. The number of hydrogen-bond acceptors (Lipinski definition) is 4. The fourth-order valence-corrected chi connectivity index (χ4v) is 9.03. The van der Waals surface area contributed by atoms with Gasteiger partial charge in [-0.05, 0) is 86.2 Å². The van der Waals surface area contributed by atoms with Gasteiger partial charge >= 0.3 is 5.97 Å². The molecule has 0 aliphatic heterocycles. The van der Waals surface area contributed by atoms with E-state index in [-0.39, 0.29) is 46.1 Å². The molecule has 0 aromatic heterocycles. The van der Waals surface area contributed by atoms with E-state index in [0.29, 0.717) is 30.1 Å². The molecule has 4 nitrogen and oxygen atoms in total. The molecule has 164 valence electrons. The van der Waals surface area contributed by atoms with Crippen molar-refractivity contribution in [1.82, 2.24) is 0 Å². The third-order valence-corrected chi connectivity index (χ3v) is 10.5. The summed E-state index contributed by atoms with van der Waals surface area (Å²) in [5.74, 6) is 1.83. The molecule has 0 amide bonds. The van der Waals surface area contributed by atoms with Gasteiger partial charge in [0, 0.05) is 17.8 Å². The van der Waals surface area contributed by atoms with E-state index in [1.54, 1.807) is 13.8 Å². The predicted molar refractivity (Wildman–Crippen MR) is 114 cm³/mol. The molecule has 0 aromatic carbocycles. The highest BCUT2D eigenvalue weighted by molar-refractivity contribution is 6.23. The van der Waals surface area contributed by atoms with Gasteiger partial charge in [-0.15, -0.1) is 11.6 Å². The number of alkyl halides is 1. The zero-order chi connectivity index (χ0) is 21.6. The zero-order valence-corrected chi connectivity index (χ0v) is 19.3. The summed E-state index contributed by atoms with van der Waals surface area (Å²) in [4.78, 5) is 37.7. The summed E-state index contributed by atoms with van der Waals surface area (Å²) in [6.07, 6.45) is 7.43. The SMILES string of the molecule is CCC(=O)O[C@]1(C(C)=O)CC[C@H]2[C@@H]3C[C@@H](Cl)C4=CC(=O)C5CC5[C@@]4(C)[C@@H]3CC[C@@]21C. The molecule has 2 unspecified atom stereocenters. The second kappa shape index (κ2) is 6.43. The molecule has 0 radical (unpaired) electrons. The average molecular weight is 433 g/mol. The molecule has 0 spiro atoms. The van der Waals surface area contributed by atoms with E-state index in [4.69, 9.17) is 16.3 Å². The lowest BCUT2D eigenvalue weighted by molar-refractivity contribution is -0.189. The van der Waals surface area contributed by atoms with Crippen LogP contribution in [0.5, 0.6) is 0 Å². The first-order chi connectivity index (χ1) is 14.1. The lowest BCUT2D eigenvalue weighted by Gasteiger charge is -2.60. The molecule has 0 N–H and O–H groups in total. The average Bonchev–Trinajstić information content (AvgIpc) is 3.45. The van der Waals surface area contributed by atoms with Crippen LogP contribution < -0.4 is 0 Å². The molecule has 30 heavy (non-hydrogen) atoms. The molecule has 4 fully saturated rings. The maximum absolute atomic E-state index is 12.9. The summed E-state index contributed by atoms with van der Waals surface area (Å²) in [5.41, 5.74) is -0.173. The molecular weight excluding hydrogens is 400 g/mol. The summed E-state index contributed by atoms with van der Waals surface area (Å²) in [6.45, 7) is 7.92. The smallest absolute Gasteiger partial charge is 0.306 e. The number of allylic oxidation sites excluding steroid dienone is 1. The number of Topliss-reactive ketones (excluding diaryl/α,β-unsaturated/α-hetero) is 1. The molecule has 0 heterocycles. The van der Waals surface area contributed by atoms with Crippen LogP contribution in [-0.4, -0.2) is 28.5 Å². The predicted octanol–water partition coefficient (Wildman–Crippen LogP) is 4.87. The number of carbonyl (C=O) groups excluding carboxylic acids is 3. The van der Waals surface area contributed by atoms with Gasteiger partial charge in [-0.25, -0.2) is 0 Å². The van der Waals surface area contributed by atoms with Gasteiger partial charge in [0.25, 0.3) is 0 Å². The third kappa shape index (κ3) is 2.38. The maximum Gasteiger partial charge on any atom is 0.306 e. The minimum Gasteiger partial charge on any atom is -0.450 e. The minimum atomic E-state index is -1.00. The lowest BCUT2D eigenvalue weighted by Crippen LogP contribution is -2.60. The van der Waals surface area contributed by atoms with Gasteiger partial charge in [-0.2, -0.15) is 0 Å². The van der Waals surface area contributed by atoms with Crippen molar-refractivity contribution in [2.75, 3.05) is 0 Å². The van der Waals surface area contributed by atoms with Crippen LogP contribution in [-0.2, 0) is 19.1 Å². The van der Waals surface area contributed by atoms with Gasteiger partial charge in [0.1, 0.15) is 0 Å². The number of carbonyl (C=O) groups is 3. The molecule has 0 aromatic rings. The van der Waals surface area contributed by atoms with Crippen molar-refractivity contribution in [2.24, 2.45) is 40.4 Å². The summed E-state index contributed by atoms with van der Waals surface area (Å²) in [7, 11) is 0. The highest BCUT2D eigenvalue weighted by Crippen LogP contribution is 2.73. The normalized spacial score (nSPS) is 51.1. The molecule has 5 aliphatic carbocycles. The van der Waals surface area contributed by atoms with Crippen molar-refractivity contribution in [3.8, 4) is 0 Å². The van der Waals surface area contributed by atoms with Crippen molar-refractivity contribution in [3.63, 3.8) is 0 Å². The van der Waals surface area contributed by atoms with E-state index in [0.717, 1.165) is 32.1 Å². The van der Waals surface area contributed by atoms with E-state index >= 15 is 0 Å². The topological polar surface area (TPSA) is 60.4 Å². The number of hydrogen-bond donors (Lipinski definition) is 0. The Morgan fingerprint density at radius 3 is 2.50 bits per heavy atom. The second-order valence-corrected chi connectivity index (χ2v) is 11.5. The number of halogens is 1. The van der Waals surface area contributed by atoms with Crippen LogP contribution in [0.15, 0.2) is 11.6 Å². The first-order valence-electron chi connectivity index (χ1n) is 11.7. The van der Waals surface area contributed by atoms with E-state index < -0.39 is 5.60 Å². The summed E-state index contributed by atoms with van der Waals surface area (Å²) >= 11 is 6.95. The third-order valence-electron chi connectivity index (χ3n) is 10.1. The number of esters is 1. The first kappa shape index (κ1) is 20.7. The molecule has 5 heteroatoms. The molecule has 0 bridgehead atoms. The Morgan fingerprint density at radius 2 is 1.83 bits per heavy atom. The summed E-state index contributed by atoms with van der Waals surface area (Å²) < 4.78 is 5.99. The largest absolute Gasteiger partial charge is 0.450 e. The molecule has 5 rings (SSSR count). The van der Waals surface area contributed by atoms with Crippen molar-refractivity contribution in [1.29, 1.82) is 0 Å². The number of ketones is 2. The van der Waals surface area contributed by atoms with Crippen LogP contribution in [0, 0.1) is 40.4 Å². The van der Waals surface area contributed by atoms with E-state index in [1.807, 2.05) is 6.08 Å². The van der Waals surface area contributed by atoms with Crippen LogP contribution in [0.25, 0.3) is 0 Å². The first-order valence-corrected chi connectivity index (χ1v) is 12.2. The van der Waals surface area contributed by atoms with Crippen LogP contribution in [0.4, 0.5) is 0 Å². The molecule has 0 saturated heterocycles. The van der Waals surface area contributed by atoms with Gasteiger partial charge in [-0.3, -0.25) is 14.4 Å². The Morgan fingerprint density at radius 1 is 1.13 bits per heavy atom. The second-order valence-electron chi connectivity index (χ2n) is 11.0. The van der Waals surface area contributed by atoms with Crippen molar-refractivity contribution in [3.05, 3.63) is 11.6 Å². The quantitative estimate of drug-likeness (QED) is 0.471.